The van der Waals surface area contributed by atoms with Gasteiger partial charge in [0.1, 0.15) is 10.9 Å². The zero-order valence-corrected chi connectivity index (χ0v) is 11.8. The first kappa shape index (κ1) is 14.8. The zero-order chi connectivity index (χ0) is 13.7. The van der Waals surface area contributed by atoms with Gasteiger partial charge in [0.25, 0.3) is 5.56 Å². The molecule has 0 aliphatic carbocycles. The first-order chi connectivity index (χ1) is 8.42. The van der Waals surface area contributed by atoms with Gasteiger partial charge in [0.2, 0.25) is 0 Å². The molecule has 0 bridgehead atoms. The molecule has 0 spiro atoms. The predicted molar refractivity (Wildman–Crippen MR) is 70.9 cm³/mol. The highest BCUT2D eigenvalue weighted by Gasteiger charge is 2.13. The monoisotopic (exact) mass is 270 g/mol. The minimum atomic E-state index is -0.260. The van der Waals surface area contributed by atoms with Crippen LogP contribution in [-0.4, -0.2) is 28.3 Å². The van der Waals surface area contributed by atoms with Crippen molar-refractivity contribution in [2.75, 3.05) is 7.11 Å². The number of thioether (sulfide) groups is 1. The van der Waals surface area contributed by atoms with Gasteiger partial charge in [0.05, 0.1) is 13.5 Å². The third kappa shape index (κ3) is 4.52. The van der Waals surface area contributed by atoms with Gasteiger partial charge in [-0.15, -0.1) is 11.8 Å². The van der Waals surface area contributed by atoms with Crippen molar-refractivity contribution in [2.45, 2.75) is 43.4 Å². The quantitative estimate of drug-likeness (QED) is 0.503. The summed E-state index contributed by atoms with van der Waals surface area (Å²) in [5, 5.41) is 0.658. The second-order valence-corrected chi connectivity index (χ2v) is 5.79. The molecule has 0 aliphatic rings. The number of aromatic amines is 1. The van der Waals surface area contributed by atoms with Crippen LogP contribution >= 0.6 is 11.8 Å². The van der Waals surface area contributed by atoms with E-state index in [-0.39, 0.29) is 22.7 Å². The number of ether oxygens (including phenoxy) is 1. The van der Waals surface area contributed by atoms with Gasteiger partial charge in [0.15, 0.2) is 0 Å². The van der Waals surface area contributed by atoms with Crippen LogP contribution in [0.4, 0.5) is 0 Å². The summed E-state index contributed by atoms with van der Waals surface area (Å²) >= 11 is 1.40. The molecule has 0 saturated carbocycles. The van der Waals surface area contributed by atoms with Gasteiger partial charge < -0.3 is 9.72 Å². The molecule has 1 aromatic heterocycles. The Hall–Kier alpha value is -1.30. The lowest BCUT2D eigenvalue weighted by atomic mass is 10.2. The molecule has 0 aliphatic heterocycles. The Morgan fingerprint density at radius 2 is 2.17 bits per heavy atom. The molecule has 0 fully saturated rings. The molecular weight excluding hydrogens is 252 g/mol. The minimum Gasteiger partial charge on any atom is -0.469 e. The van der Waals surface area contributed by atoms with E-state index in [2.05, 4.69) is 14.7 Å². The fourth-order valence-electron chi connectivity index (χ4n) is 1.35. The standard InChI is InChI=1S/C12H18N2O3S/c1-7(2)12-13-9(15)6-10(14-12)18-8(3)5-11(16)17-4/h6-8H,5H2,1-4H3,(H,13,14,15). The fourth-order valence-corrected chi connectivity index (χ4v) is 2.31. The van der Waals surface area contributed by atoms with E-state index < -0.39 is 0 Å². The second-order valence-electron chi connectivity index (χ2n) is 4.33. The lowest BCUT2D eigenvalue weighted by Crippen LogP contribution is -2.14. The number of carbonyl (C=O) groups excluding carboxylic acids is 1. The highest BCUT2D eigenvalue weighted by Crippen LogP contribution is 2.23. The Morgan fingerprint density at radius 3 is 2.72 bits per heavy atom. The summed E-state index contributed by atoms with van der Waals surface area (Å²) in [6.45, 7) is 5.83. The van der Waals surface area contributed by atoms with Crippen LogP contribution < -0.4 is 5.56 Å². The number of H-pyrrole nitrogens is 1. The fraction of sp³-hybridized carbons (Fsp3) is 0.583. The van der Waals surface area contributed by atoms with Gasteiger partial charge in [0, 0.05) is 17.2 Å². The Labute approximate surface area is 110 Å². The lowest BCUT2D eigenvalue weighted by Gasteiger charge is -2.10. The largest absolute Gasteiger partial charge is 0.469 e. The van der Waals surface area contributed by atoms with Crippen LogP contribution in [0.1, 0.15) is 38.9 Å². The summed E-state index contributed by atoms with van der Waals surface area (Å²) in [6.07, 6.45) is 0.298. The van der Waals surface area contributed by atoms with E-state index in [1.807, 2.05) is 20.8 Å². The third-order valence-electron chi connectivity index (χ3n) is 2.29. The Balaban J connectivity index is 2.78. The summed E-state index contributed by atoms with van der Waals surface area (Å²) in [4.78, 5) is 29.7. The van der Waals surface area contributed by atoms with Crippen molar-refractivity contribution < 1.29 is 9.53 Å². The van der Waals surface area contributed by atoms with E-state index in [0.717, 1.165) is 0 Å². The number of carbonyl (C=O) groups is 1. The van der Waals surface area contributed by atoms with Gasteiger partial charge in [-0.2, -0.15) is 0 Å². The highest BCUT2D eigenvalue weighted by atomic mass is 32.2. The van der Waals surface area contributed by atoms with Crippen molar-refractivity contribution >= 4 is 17.7 Å². The van der Waals surface area contributed by atoms with Gasteiger partial charge in [-0.3, -0.25) is 9.59 Å². The van der Waals surface area contributed by atoms with Crippen LogP contribution in [0.15, 0.2) is 15.9 Å². The molecule has 0 aromatic carbocycles. The van der Waals surface area contributed by atoms with Gasteiger partial charge in [-0.1, -0.05) is 20.8 Å². The molecule has 18 heavy (non-hydrogen) atoms. The van der Waals surface area contributed by atoms with Crippen LogP contribution in [0.5, 0.6) is 0 Å². The van der Waals surface area contributed by atoms with E-state index in [4.69, 9.17) is 0 Å². The van der Waals surface area contributed by atoms with Crippen LogP contribution in [0, 0.1) is 0 Å². The lowest BCUT2D eigenvalue weighted by molar-refractivity contribution is -0.140. The SMILES string of the molecule is COC(=O)CC(C)Sc1cc(=O)[nH]c(C(C)C)n1. The molecule has 6 heteroatoms. The number of hydrogen-bond acceptors (Lipinski definition) is 5. The molecule has 1 rings (SSSR count). The third-order valence-corrected chi connectivity index (χ3v) is 3.31. The maximum absolute atomic E-state index is 11.5. The van der Waals surface area contributed by atoms with Gasteiger partial charge in [-0.25, -0.2) is 4.98 Å². The number of aromatic nitrogens is 2. The molecule has 1 N–H and O–H groups in total. The number of rotatable bonds is 5. The maximum Gasteiger partial charge on any atom is 0.306 e. The van der Waals surface area contributed by atoms with Crippen molar-refractivity contribution in [1.82, 2.24) is 9.97 Å². The number of esters is 1. The van der Waals surface area contributed by atoms with E-state index >= 15 is 0 Å². The topological polar surface area (TPSA) is 72.1 Å². The van der Waals surface area contributed by atoms with Crippen LogP contribution in [0.25, 0.3) is 0 Å². The summed E-state index contributed by atoms with van der Waals surface area (Å²) in [5.74, 6) is 0.563. The first-order valence-electron chi connectivity index (χ1n) is 5.77. The average Bonchev–Trinajstić information content (AvgIpc) is 2.27. The molecule has 1 heterocycles. The number of nitrogens with one attached hydrogen (secondary N) is 1. The summed E-state index contributed by atoms with van der Waals surface area (Å²) in [6, 6.07) is 1.45. The van der Waals surface area contributed by atoms with E-state index in [0.29, 0.717) is 17.3 Å². The summed E-state index contributed by atoms with van der Waals surface area (Å²) in [7, 11) is 1.36. The van der Waals surface area contributed by atoms with Gasteiger partial charge in [-0.05, 0) is 0 Å². The molecular formula is C12H18N2O3S. The molecule has 1 atom stereocenters. The van der Waals surface area contributed by atoms with E-state index in [1.165, 1.54) is 24.9 Å². The van der Waals surface area contributed by atoms with Crippen molar-refractivity contribution in [3.05, 3.63) is 22.2 Å². The molecule has 0 radical (unpaired) electrons. The van der Waals surface area contributed by atoms with Crippen molar-refractivity contribution in [1.29, 1.82) is 0 Å². The Kier molecular flexibility index (Phi) is 5.40. The molecule has 5 nitrogen and oxygen atoms in total. The number of nitrogens with zero attached hydrogens (tertiary/aromatic N) is 1. The normalized spacial score (nSPS) is 12.5. The second kappa shape index (κ2) is 6.58. The zero-order valence-electron chi connectivity index (χ0n) is 11.0. The Bertz CT molecular complexity index is 471. The van der Waals surface area contributed by atoms with E-state index in [1.54, 1.807) is 0 Å². The van der Waals surface area contributed by atoms with Gasteiger partial charge >= 0.3 is 5.97 Å². The van der Waals surface area contributed by atoms with Crippen LogP contribution in [0.2, 0.25) is 0 Å². The van der Waals surface area contributed by atoms with Crippen LogP contribution in [0.3, 0.4) is 0 Å². The molecule has 1 aromatic rings. The van der Waals surface area contributed by atoms with Crippen molar-refractivity contribution in [3.8, 4) is 0 Å². The average molecular weight is 270 g/mol. The van der Waals surface area contributed by atoms with Crippen molar-refractivity contribution in [3.63, 3.8) is 0 Å². The van der Waals surface area contributed by atoms with E-state index in [9.17, 15) is 9.59 Å². The Morgan fingerprint density at radius 1 is 1.50 bits per heavy atom. The highest BCUT2D eigenvalue weighted by molar-refractivity contribution is 7.99. The number of methoxy groups -OCH3 is 1. The molecule has 100 valence electrons. The summed E-state index contributed by atoms with van der Waals surface area (Å²) in [5.41, 5.74) is -0.165. The smallest absolute Gasteiger partial charge is 0.306 e. The maximum atomic E-state index is 11.5. The summed E-state index contributed by atoms with van der Waals surface area (Å²) < 4.78 is 4.60. The molecule has 1 unspecified atom stereocenters. The number of hydrogen-bond donors (Lipinski definition) is 1. The predicted octanol–water partition coefficient (Wildman–Crippen LogP) is 1.94. The molecule has 0 amide bonds. The van der Waals surface area contributed by atoms with Crippen molar-refractivity contribution in [2.24, 2.45) is 0 Å². The molecule has 0 saturated heterocycles. The van der Waals surface area contributed by atoms with Crippen LogP contribution in [-0.2, 0) is 9.53 Å². The first-order valence-corrected chi connectivity index (χ1v) is 6.65. The minimum absolute atomic E-state index is 0.0202.